The minimum Gasteiger partial charge on any atom is -0.340 e. The summed E-state index contributed by atoms with van der Waals surface area (Å²) >= 11 is 0. The zero-order valence-corrected chi connectivity index (χ0v) is 15.0. The largest absolute Gasteiger partial charge is 0.340 e. The topological polar surface area (TPSA) is 95.2 Å². The Kier molecular flexibility index (Phi) is 3.75. The first kappa shape index (κ1) is 16.4. The molecule has 7 nitrogen and oxygen atoms in total. The van der Waals surface area contributed by atoms with Gasteiger partial charge in [0.1, 0.15) is 5.82 Å². The zero-order chi connectivity index (χ0) is 17.7. The van der Waals surface area contributed by atoms with E-state index in [4.69, 9.17) is 0 Å². The van der Waals surface area contributed by atoms with Crippen molar-refractivity contribution in [2.75, 3.05) is 24.6 Å². The minimum absolute atomic E-state index is 0.158. The van der Waals surface area contributed by atoms with Crippen LogP contribution in [0.5, 0.6) is 0 Å². The molecule has 0 radical (unpaired) electrons. The third-order valence-corrected chi connectivity index (χ3v) is 7.23. The number of urea groups is 1. The highest BCUT2D eigenvalue weighted by Gasteiger charge is 2.47. The van der Waals surface area contributed by atoms with E-state index >= 15 is 0 Å². The van der Waals surface area contributed by atoms with Gasteiger partial charge < -0.3 is 15.2 Å². The number of amides is 2. The van der Waals surface area contributed by atoms with Gasteiger partial charge in [-0.1, -0.05) is 12.1 Å². The van der Waals surface area contributed by atoms with Crippen molar-refractivity contribution >= 4 is 26.9 Å². The van der Waals surface area contributed by atoms with Crippen LogP contribution in [0.4, 0.5) is 4.79 Å². The second kappa shape index (κ2) is 5.72. The summed E-state index contributed by atoms with van der Waals surface area (Å²) in [7, 11) is -2.94. The first-order valence-corrected chi connectivity index (χ1v) is 10.4. The van der Waals surface area contributed by atoms with Crippen LogP contribution in [-0.4, -0.2) is 53.9 Å². The van der Waals surface area contributed by atoms with Gasteiger partial charge in [-0.25, -0.2) is 18.2 Å². The van der Waals surface area contributed by atoms with Gasteiger partial charge in [-0.05, 0) is 31.9 Å². The molecule has 1 aromatic heterocycles. The fourth-order valence-electron chi connectivity index (χ4n) is 3.94. The molecule has 2 amide bonds. The third kappa shape index (κ3) is 3.10. The first-order valence-electron chi connectivity index (χ1n) is 8.56. The number of hydrogen-bond acceptors (Lipinski definition) is 4. The van der Waals surface area contributed by atoms with Crippen molar-refractivity contribution in [3.8, 4) is 0 Å². The minimum atomic E-state index is -2.94. The van der Waals surface area contributed by atoms with Crippen molar-refractivity contribution in [1.29, 1.82) is 0 Å². The van der Waals surface area contributed by atoms with E-state index < -0.39 is 9.84 Å². The van der Waals surface area contributed by atoms with Crippen molar-refractivity contribution in [3.63, 3.8) is 0 Å². The number of rotatable bonds is 2. The van der Waals surface area contributed by atoms with Gasteiger partial charge in [0.25, 0.3) is 0 Å². The fourth-order valence-corrected chi connectivity index (χ4v) is 6.14. The summed E-state index contributed by atoms with van der Waals surface area (Å²) in [6.07, 6.45) is 1.43. The van der Waals surface area contributed by atoms with Crippen molar-refractivity contribution < 1.29 is 13.2 Å². The van der Waals surface area contributed by atoms with Crippen LogP contribution in [0.1, 0.15) is 31.6 Å². The molecule has 2 aliphatic rings. The molecular weight excluding hydrogens is 340 g/mol. The van der Waals surface area contributed by atoms with Crippen LogP contribution in [-0.2, 0) is 9.84 Å². The third-order valence-electron chi connectivity index (χ3n) is 5.35. The lowest BCUT2D eigenvalue weighted by atomic mass is 9.87. The molecule has 8 heteroatoms. The number of imidazole rings is 1. The molecule has 2 aromatic rings. The number of likely N-dealkylation sites (tertiary alicyclic amines) is 1. The molecule has 25 heavy (non-hydrogen) atoms. The number of carbonyl (C=O) groups excluding carboxylic acids is 1. The number of H-pyrrole nitrogens is 1. The van der Waals surface area contributed by atoms with E-state index in [2.05, 4.69) is 15.3 Å². The van der Waals surface area contributed by atoms with Gasteiger partial charge in [0.05, 0.1) is 28.6 Å². The number of fused-ring (bicyclic) bond motifs is 1. The summed E-state index contributed by atoms with van der Waals surface area (Å²) in [5.74, 6) is 1.17. The molecule has 2 unspecified atom stereocenters. The Morgan fingerprint density at radius 1 is 1.36 bits per heavy atom. The predicted octanol–water partition coefficient (Wildman–Crippen LogP) is 1.84. The number of para-hydroxylation sites is 2. The van der Waals surface area contributed by atoms with Gasteiger partial charge in [-0.3, -0.25) is 0 Å². The molecule has 0 bridgehead atoms. The van der Waals surface area contributed by atoms with Gasteiger partial charge in [-0.15, -0.1) is 0 Å². The van der Waals surface area contributed by atoms with Crippen LogP contribution in [0, 0.1) is 5.41 Å². The molecule has 2 atom stereocenters. The van der Waals surface area contributed by atoms with E-state index in [1.54, 1.807) is 4.90 Å². The number of hydrogen-bond donors (Lipinski definition) is 2. The van der Waals surface area contributed by atoms with Crippen molar-refractivity contribution in [3.05, 3.63) is 30.1 Å². The summed E-state index contributed by atoms with van der Waals surface area (Å²) < 4.78 is 23.6. The maximum atomic E-state index is 12.6. The van der Waals surface area contributed by atoms with Crippen LogP contribution in [0.2, 0.25) is 0 Å². The Balaban J connectivity index is 1.42. The standard InChI is InChI=1S/C17H22N4O3S/c1-12(15-19-13-4-2-3-5-14(13)20-15)18-16(22)21-8-6-17(10-21)7-9-25(23,24)11-17/h2-5,12H,6-11H2,1H3,(H,18,22)(H,19,20). The molecule has 0 saturated carbocycles. The normalized spacial score (nSPS) is 26.4. The number of nitrogens with zero attached hydrogens (tertiary/aromatic N) is 2. The van der Waals surface area contributed by atoms with Crippen LogP contribution in [0.15, 0.2) is 24.3 Å². The Morgan fingerprint density at radius 3 is 2.88 bits per heavy atom. The highest BCUT2D eigenvalue weighted by Crippen LogP contribution is 2.40. The number of aromatic amines is 1. The van der Waals surface area contributed by atoms with E-state index in [0.29, 0.717) is 25.3 Å². The number of sulfone groups is 1. The molecule has 1 aromatic carbocycles. The van der Waals surface area contributed by atoms with Crippen LogP contribution in [0.25, 0.3) is 11.0 Å². The fraction of sp³-hybridized carbons (Fsp3) is 0.529. The summed E-state index contributed by atoms with van der Waals surface area (Å²) in [5, 5.41) is 2.97. The Hall–Kier alpha value is -2.09. The molecule has 134 valence electrons. The van der Waals surface area contributed by atoms with Gasteiger partial charge in [0.2, 0.25) is 0 Å². The highest BCUT2D eigenvalue weighted by atomic mass is 32.2. The van der Waals surface area contributed by atoms with Gasteiger partial charge in [0, 0.05) is 18.5 Å². The number of benzene rings is 1. The molecule has 4 rings (SSSR count). The van der Waals surface area contributed by atoms with Crippen molar-refractivity contribution in [2.24, 2.45) is 5.41 Å². The smallest absolute Gasteiger partial charge is 0.317 e. The summed E-state index contributed by atoms with van der Waals surface area (Å²) in [4.78, 5) is 22.0. The molecule has 2 N–H and O–H groups in total. The van der Waals surface area contributed by atoms with E-state index in [9.17, 15) is 13.2 Å². The van der Waals surface area contributed by atoms with Crippen molar-refractivity contribution in [2.45, 2.75) is 25.8 Å². The molecule has 3 heterocycles. The first-order chi connectivity index (χ1) is 11.9. The lowest BCUT2D eigenvalue weighted by molar-refractivity contribution is 0.198. The Morgan fingerprint density at radius 2 is 2.16 bits per heavy atom. The van der Waals surface area contributed by atoms with Gasteiger partial charge in [-0.2, -0.15) is 0 Å². The molecule has 2 saturated heterocycles. The maximum absolute atomic E-state index is 12.6. The van der Waals surface area contributed by atoms with Gasteiger partial charge in [0.15, 0.2) is 9.84 Å². The van der Waals surface area contributed by atoms with E-state index in [-0.39, 0.29) is 29.0 Å². The number of aromatic nitrogens is 2. The predicted molar refractivity (Wildman–Crippen MR) is 94.9 cm³/mol. The second-order valence-electron chi connectivity index (χ2n) is 7.32. The van der Waals surface area contributed by atoms with Crippen LogP contribution in [0.3, 0.4) is 0 Å². The van der Waals surface area contributed by atoms with Crippen molar-refractivity contribution in [1.82, 2.24) is 20.2 Å². The quantitative estimate of drug-likeness (QED) is 0.852. The van der Waals surface area contributed by atoms with E-state index in [1.807, 2.05) is 31.2 Å². The van der Waals surface area contributed by atoms with Gasteiger partial charge >= 0.3 is 6.03 Å². The Labute approximate surface area is 146 Å². The van der Waals surface area contributed by atoms with Crippen LogP contribution >= 0.6 is 0 Å². The molecule has 2 fully saturated rings. The molecular formula is C17H22N4O3S. The lowest BCUT2D eigenvalue weighted by Crippen LogP contribution is -2.41. The summed E-state index contributed by atoms with van der Waals surface area (Å²) in [6, 6.07) is 7.33. The molecule has 1 spiro atoms. The monoisotopic (exact) mass is 362 g/mol. The van der Waals surface area contributed by atoms with E-state index in [0.717, 1.165) is 17.5 Å². The summed E-state index contributed by atoms with van der Waals surface area (Å²) in [6.45, 7) is 3.01. The Bertz CT molecular complexity index is 890. The van der Waals surface area contributed by atoms with E-state index in [1.165, 1.54) is 0 Å². The number of carbonyl (C=O) groups is 1. The van der Waals surface area contributed by atoms with Crippen LogP contribution < -0.4 is 5.32 Å². The molecule has 2 aliphatic heterocycles. The summed E-state index contributed by atoms with van der Waals surface area (Å²) in [5.41, 5.74) is 1.57. The average Bonchev–Trinajstić information content (AvgIpc) is 3.24. The SMILES string of the molecule is CC(NC(=O)N1CCC2(CCS(=O)(=O)C2)C1)c1nc2ccccc2[nH]1. The highest BCUT2D eigenvalue weighted by molar-refractivity contribution is 7.91. The zero-order valence-electron chi connectivity index (χ0n) is 14.2. The second-order valence-corrected chi connectivity index (χ2v) is 9.51. The average molecular weight is 362 g/mol. The maximum Gasteiger partial charge on any atom is 0.317 e. The lowest BCUT2D eigenvalue weighted by Gasteiger charge is -2.23. The molecule has 0 aliphatic carbocycles. The number of nitrogens with one attached hydrogen (secondary N) is 2.